The molecule has 0 atom stereocenters. The largest absolute Gasteiger partial charge is 0.474 e. The lowest BCUT2D eigenvalue weighted by atomic mass is 10.0. The Balaban J connectivity index is 1.29. The molecule has 11 heteroatoms. The van der Waals surface area contributed by atoms with Crippen LogP contribution in [0.25, 0.3) is 21.9 Å². The molecule has 0 saturated carbocycles. The van der Waals surface area contributed by atoms with Gasteiger partial charge in [-0.1, -0.05) is 18.2 Å². The summed E-state index contributed by atoms with van der Waals surface area (Å²) in [5.41, 5.74) is 16.1. The third kappa shape index (κ3) is 4.98. The summed E-state index contributed by atoms with van der Waals surface area (Å²) in [5.74, 6) is 1.27. The first-order chi connectivity index (χ1) is 19.4. The number of hydrogen-bond acceptors (Lipinski definition) is 11. The molecular weight excluding hydrogens is 506 g/mol. The Morgan fingerprint density at radius 2 is 1.95 bits per heavy atom. The lowest BCUT2D eigenvalue weighted by molar-refractivity contribution is 0.111. The van der Waals surface area contributed by atoms with Crippen LogP contribution in [-0.4, -0.2) is 56.8 Å². The molecule has 11 nitrogen and oxygen atoms in total. The number of nitrogens with two attached hydrogens (primary N) is 2. The van der Waals surface area contributed by atoms with Gasteiger partial charge in [-0.05, 0) is 62.0 Å². The second-order valence-corrected chi connectivity index (χ2v) is 10.2. The van der Waals surface area contributed by atoms with Crippen LogP contribution in [0.5, 0.6) is 5.88 Å². The molecule has 1 aliphatic rings. The van der Waals surface area contributed by atoms with E-state index in [-0.39, 0.29) is 23.6 Å². The van der Waals surface area contributed by atoms with Crippen molar-refractivity contribution in [3.63, 3.8) is 0 Å². The highest BCUT2D eigenvalue weighted by molar-refractivity contribution is 6.17. The number of piperidine rings is 1. The van der Waals surface area contributed by atoms with Crippen molar-refractivity contribution in [3.05, 3.63) is 71.2 Å². The molecular formula is C29H31N9O2. The Hall–Kier alpha value is -4.77. The summed E-state index contributed by atoms with van der Waals surface area (Å²) >= 11 is 0. The summed E-state index contributed by atoms with van der Waals surface area (Å²) < 4.78 is 11.9. The van der Waals surface area contributed by atoms with E-state index in [1.165, 1.54) is 6.33 Å². The molecule has 6 N–H and O–H groups in total. The molecule has 1 fully saturated rings. The second kappa shape index (κ2) is 10.4. The van der Waals surface area contributed by atoms with Crippen LogP contribution in [0.4, 0.5) is 17.7 Å². The molecule has 204 valence electrons. The van der Waals surface area contributed by atoms with E-state index in [0.29, 0.717) is 40.5 Å². The number of oxazole rings is 1. The first-order valence-electron chi connectivity index (χ1n) is 13.2. The number of aromatic nitrogens is 4. The molecule has 0 spiro atoms. The van der Waals surface area contributed by atoms with Gasteiger partial charge in [0.25, 0.3) is 6.01 Å². The fourth-order valence-corrected chi connectivity index (χ4v) is 5.14. The number of nitrogen functional groups attached to an aromatic ring is 2. The Morgan fingerprint density at radius 1 is 1.12 bits per heavy atom. The van der Waals surface area contributed by atoms with E-state index in [4.69, 9.17) is 31.0 Å². The molecule has 40 heavy (non-hydrogen) atoms. The van der Waals surface area contributed by atoms with Gasteiger partial charge in [-0.15, -0.1) is 0 Å². The zero-order valence-corrected chi connectivity index (χ0v) is 22.4. The van der Waals surface area contributed by atoms with E-state index in [1.807, 2.05) is 6.07 Å². The molecule has 0 unspecified atom stereocenters. The highest BCUT2D eigenvalue weighted by Crippen LogP contribution is 2.31. The van der Waals surface area contributed by atoms with Crippen molar-refractivity contribution in [1.29, 1.82) is 5.41 Å². The van der Waals surface area contributed by atoms with Gasteiger partial charge in [-0.25, -0.2) is 15.0 Å². The predicted octanol–water partition coefficient (Wildman–Crippen LogP) is 4.14. The Labute approximate surface area is 231 Å². The Morgan fingerprint density at radius 3 is 2.77 bits per heavy atom. The van der Waals surface area contributed by atoms with Crippen LogP contribution in [0.1, 0.15) is 35.2 Å². The molecule has 6 rings (SSSR count). The van der Waals surface area contributed by atoms with Crippen LogP contribution >= 0.6 is 0 Å². The SMILES string of the molecule is Cc1cccc2cc(CNc3ncnc(N)c3C(=N)c3ccc4oc(N)nc4c3)nc(OC3CCN(C)CC3)c12. The van der Waals surface area contributed by atoms with Crippen molar-refractivity contribution in [2.45, 2.75) is 32.4 Å². The maximum atomic E-state index is 8.91. The number of rotatable bonds is 7. The van der Waals surface area contributed by atoms with Gasteiger partial charge in [-0.2, -0.15) is 4.98 Å². The molecule has 1 saturated heterocycles. The quantitative estimate of drug-likeness (QED) is 0.222. The van der Waals surface area contributed by atoms with Crippen molar-refractivity contribution in [2.24, 2.45) is 0 Å². The van der Waals surface area contributed by atoms with E-state index in [2.05, 4.69) is 57.3 Å². The van der Waals surface area contributed by atoms with Crippen LogP contribution < -0.4 is 21.5 Å². The van der Waals surface area contributed by atoms with Crippen molar-refractivity contribution < 1.29 is 9.15 Å². The first-order valence-corrected chi connectivity index (χ1v) is 13.2. The van der Waals surface area contributed by atoms with Gasteiger partial charge in [0, 0.05) is 24.0 Å². The van der Waals surface area contributed by atoms with Gasteiger partial charge in [0.15, 0.2) is 5.58 Å². The maximum Gasteiger partial charge on any atom is 0.292 e. The summed E-state index contributed by atoms with van der Waals surface area (Å²) in [5, 5.41) is 14.3. The van der Waals surface area contributed by atoms with Gasteiger partial charge in [0.1, 0.15) is 29.6 Å². The van der Waals surface area contributed by atoms with Crippen molar-refractivity contribution >= 4 is 45.2 Å². The Kier molecular flexibility index (Phi) is 6.64. The average molecular weight is 538 g/mol. The molecule has 1 aliphatic heterocycles. The molecule has 0 amide bonds. The van der Waals surface area contributed by atoms with Crippen molar-refractivity contribution in [2.75, 3.05) is 36.9 Å². The van der Waals surface area contributed by atoms with Crippen molar-refractivity contribution in [1.82, 2.24) is 24.8 Å². The first kappa shape index (κ1) is 25.5. The van der Waals surface area contributed by atoms with Gasteiger partial charge in [0.2, 0.25) is 5.88 Å². The molecule has 0 bridgehead atoms. The molecule has 4 heterocycles. The van der Waals surface area contributed by atoms with Gasteiger partial charge < -0.3 is 30.8 Å². The predicted molar refractivity (Wildman–Crippen MR) is 156 cm³/mol. The minimum Gasteiger partial charge on any atom is -0.474 e. The standard InChI is InChI=1S/C29H31N9O2/c1-16-4-3-5-17-12-19(36-28(23(16)17)39-20-8-10-38(2)11-9-20)14-33-27-24(26(31)34-15-35-27)25(30)18-6-7-22-21(13-18)37-29(32)40-22/h3-7,12-13,15,20,30H,8-11,14H2,1-2H3,(H2,32,37)(H3,31,33,34,35). The zero-order valence-electron chi connectivity index (χ0n) is 22.4. The van der Waals surface area contributed by atoms with Crippen molar-refractivity contribution in [3.8, 4) is 5.88 Å². The normalized spacial score (nSPS) is 14.6. The fraction of sp³-hybridized carbons (Fsp3) is 0.276. The van der Waals surface area contributed by atoms with Crippen LogP contribution in [0, 0.1) is 12.3 Å². The zero-order chi connectivity index (χ0) is 27.8. The topological polar surface area (TPSA) is 165 Å². The minimum atomic E-state index is 0.0702. The number of nitrogens with zero attached hydrogens (tertiary/aromatic N) is 5. The number of fused-ring (bicyclic) bond motifs is 2. The van der Waals surface area contributed by atoms with E-state index < -0.39 is 0 Å². The summed E-state index contributed by atoms with van der Waals surface area (Å²) in [6.07, 6.45) is 3.43. The number of aryl methyl sites for hydroxylation is 1. The third-order valence-electron chi connectivity index (χ3n) is 7.29. The summed E-state index contributed by atoms with van der Waals surface area (Å²) in [6, 6.07) is 13.5. The molecule has 0 radical (unpaired) electrons. The molecule has 5 aromatic rings. The highest BCUT2D eigenvalue weighted by Gasteiger charge is 2.21. The summed E-state index contributed by atoms with van der Waals surface area (Å²) in [6.45, 7) is 4.44. The van der Waals surface area contributed by atoms with E-state index >= 15 is 0 Å². The summed E-state index contributed by atoms with van der Waals surface area (Å²) in [4.78, 5) is 20.0. The number of ether oxygens (including phenoxy) is 1. The minimum absolute atomic E-state index is 0.0702. The highest BCUT2D eigenvalue weighted by atomic mass is 16.5. The van der Waals surface area contributed by atoms with Crippen LogP contribution in [0.3, 0.4) is 0 Å². The summed E-state index contributed by atoms with van der Waals surface area (Å²) in [7, 11) is 2.14. The van der Waals surface area contributed by atoms with Crippen LogP contribution in [0.2, 0.25) is 0 Å². The average Bonchev–Trinajstić information content (AvgIpc) is 3.32. The number of benzene rings is 2. The van der Waals surface area contributed by atoms with Gasteiger partial charge >= 0.3 is 0 Å². The molecule has 3 aromatic heterocycles. The smallest absolute Gasteiger partial charge is 0.292 e. The van der Waals surface area contributed by atoms with Crippen LogP contribution in [-0.2, 0) is 6.54 Å². The number of nitrogens with one attached hydrogen (secondary N) is 2. The second-order valence-electron chi connectivity index (χ2n) is 10.2. The molecule has 2 aromatic carbocycles. The third-order valence-corrected chi connectivity index (χ3v) is 7.29. The number of anilines is 3. The lowest BCUT2D eigenvalue weighted by Gasteiger charge is -2.29. The maximum absolute atomic E-state index is 8.91. The fourth-order valence-electron chi connectivity index (χ4n) is 5.14. The Bertz CT molecular complexity index is 1720. The van der Waals surface area contributed by atoms with Gasteiger partial charge in [-0.3, -0.25) is 5.41 Å². The van der Waals surface area contributed by atoms with Gasteiger partial charge in [0.05, 0.1) is 23.5 Å². The number of likely N-dealkylation sites (tertiary alicyclic amines) is 1. The van der Waals surface area contributed by atoms with Crippen LogP contribution in [0.15, 0.2) is 53.2 Å². The van der Waals surface area contributed by atoms with E-state index in [9.17, 15) is 0 Å². The van der Waals surface area contributed by atoms with E-state index in [0.717, 1.165) is 48.0 Å². The molecule has 0 aliphatic carbocycles. The number of pyridine rings is 1. The number of hydrogen-bond donors (Lipinski definition) is 4. The van der Waals surface area contributed by atoms with E-state index in [1.54, 1.807) is 18.2 Å². The monoisotopic (exact) mass is 537 g/mol. The lowest BCUT2D eigenvalue weighted by Crippen LogP contribution is -2.35.